The Hall–Kier alpha value is -1.46. The molecule has 1 aliphatic heterocycles. The van der Waals surface area contributed by atoms with E-state index in [1.165, 1.54) is 5.75 Å². The summed E-state index contributed by atoms with van der Waals surface area (Å²) < 4.78 is 30.2. The Morgan fingerprint density at radius 3 is 2.27 bits per heavy atom. The molecule has 0 N–H and O–H groups in total. The summed E-state index contributed by atoms with van der Waals surface area (Å²) in [6.07, 6.45) is 1.74. The van der Waals surface area contributed by atoms with Gasteiger partial charge in [0, 0.05) is 11.0 Å². The molecule has 116 valence electrons. The fourth-order valence-corrected chi connectivity index (χ4v) is 4.16. The van der Waals surface area contributed by atoms with Crippen LogP contribution in [0.3, 0.4) is 0 Å². The first-order valence-corrected chi connectivity index (χ1v) is 10.0. The maximum Gasteiger partial charge on any atom is 0.178 e. The third-order valence-electron chi connectivity index (χ3n) is 3.50. The van der Waals surface area contributed by atoms with Crippen LogP contribution in [-0.2, 0) is 9.84 Å². The SMILES string of the molecule is O=S(=O)(CCCC1CS1)c1ccc(Oc2ccccc2)cc1. The average molecular weight is 334 g/mol. The van der Waals surface area contributed by atoms with E-state index in [2.05, 4.69) is 0 Å². The van der Waals surface area contributed by atoms with Gasteiger partial charge in [0.2, 0.25) is 0 Å². The van der Waals surface area contributed by atoms with E-state index >= 15 is 0 Å². The first kappa shape index (κ1) is 15.4. The van der Waals surface area contributed by atoms with Crippen LogP contribution in [0.2, 0.25) is 0 Å². The summed E-state index contributed by atoms with van der Waals surface area (Å²) in [4.78, 5) is 0.372. The highest BCUT2D eigenvalue weighted by Gasteiger charge is 2.23. The monoisotopic (exact) mass is 334 g/mol. The van der Waals surface area contributed by atoms with E-state index in [1.807, 2.05) is 42.1 Å². The third kappa shape index (κ3) is 4.27. The van der Waals surface area contributed by atoms with Gasteiger partial charge in [-0.1, -0.05) is 18.2 Å². The van der Waals surface area contributed by atoms with Crippen molar-refractivity contribution >= 4 is 21.6 Å². The van der Waals surface area contributed by atoms with E-state index in [0.29, 0.717) is 15.9 Å². The molecule has 1 unspecified atom stereocenters. The van der Waals surface area contributed by atoms with E-state index in [0.717, 1.165) is 18.6 Å². The van der Waals surface area contributed by atoms with Crippen LogP contribution in [0.4, 0.5) is 0 Å². The Morgan fingerprint density at radius 1 is 1.00 bits per heavy atom. The van der Waals surface area contributed by atoms with Crippen LogP contribution in [0.1, 0.15) is 12.8 Å². The highest BCUT2D eigenvalue weighted by molar-refractivity contribution is 8.06. The van der Waals surface area contributed by atoms with Crippen molar-refractivity contribution in [3.05, 3.63) is 54.6 Å². The lowest BCUT2D eigenvalue weighted by atomic mass is 10.3. The molecule has 1 fully saturated rings. The molecule has 5 heteroatoms. The Bertz CT molecular complexity index is 705. The molecule has 1 saturated heterocycles. The largest absolute Gasteiger partial charge is 0.457 e. The van der Waals surface area contributed by atoms with Gasteiger partial charge in [-0.2, -0.15) is 11.8 Å². The molecule has 3 nitrogen and oxygen atoms in total. The summed E-state index contributed by atoms with van der Waals surface area (Å²) in [5.41, 5.74) is 0. The van der Waals surface area contributed by atoms with Crippen LogP contribution < -0.4 is 4.74 Å². The second-order valence-corrected chi connectivity index (χ2v) is 8.75. The second kappa shape index (κ2) is 6.75. The van der Waals surface area contributed by atoms with Gasteiger partial charge in [-0.05, 0) is 49.2 Å². The number of rotatable bonds is 7. The lowest BCUT2D eigenvalue weighted by molar-refractivity contribution is 0.482. The van der Waals surface area contributed by atoms with E-state index in [-0.39, 0.29) is 5.75 Å². The van der Waals surface area contributed by atoms with Crippen molar-refractivity contribution in [2.24, 2.45) is 0 Å². The van der Waals surface area contributed by atoms with Crippen LogP contribution >= 0.6 is 11.8 Å². The summed E-state index contributed by atoms with van der Waals surface area (Å²) in [5.74, 6) is 2.79. The van der Waals surface area contributed by atoms with Gasteiger partial charge in [0.25, 0.3) is 0 Å². The molecule has 0 amide bonds. The zero-order chi connectivity index (χ0) is 15.4. The number of hydrogen-bond acceptors (Lipinski definition) is 4. The molecule has 0 aromatic heterocycles. The van der Waals surface area contributed by atoms with Crippen molar-refractivity contribution in [3.8, 4) is 11.5 Å². The van der Waals surface area contributed by atoms with Crippen LogP contribution in [0.25, 0.3) is 0 Å². The first-order chi connectivity index (χ1) is 10.6. The standard InChI is InChI=1S/C17H18O3S2/c18-22(19,12-4-7-16-13-21-16)17-10-8-15(9-11-17)20-14-5-2-1-3-6-14/h1-3,5-6,8-11,16H,4,7,12-13H2. The van der Waals surface area contributed by atoms with Gasteiger partial charge in [-0.3, -0.25) is 0 Å². The fraction of sp³-hybridized carbons (Fsp3) is 0.294. The van der Waals surface area contributed by atoms with Gasteiger partial charge < -0.3 is 4.74 Å². The van der Waals surface area contributed by atoms with Crippen LogP contribution in [0.5, 0.6) is 11.5 Å². The molecular formula is C17H18O3S2. The van der Waals surface area contributed by atoms with E-state index in [1.54, 1.807) is 24.3 Å². The van der Waals surface area contributed by atoms with Crippen LogP contribution in [0.15, 0.2) is 59.5 Å². The first-order valence-electron chi connectivity index (χ1n) is 7.31. The van der Waals surface area contributed by atoms with Crippen molar-refractivity contribution in [2.75, 3.05) is 11.5 Å². The summed E-state index contributed by atoms with van der Waals surface area (Å²) >= 11 is 1.91. The zero-order valence-corrected chi connectivity index (χ0v) is 13.8. The molecule has 1 heterocycles. The molecule has 3 rings (SSSR count). The van der Waals surface area contributed by atoms with Gasteiger partial charge in [-0.25, -0.2) is 8.42 Å². The molecule has 1 aliphatic rings. The molecule has 22 heavy (non-hydrogen) atoms. The van der Waals surface area contributed by atoms with Gasteiger partial charge in [-0.15, -0.1) is 0 Å². The van der Waals surface area contributed by atoms with E-state index in [9.17, 15) is 8.42 Å². The quantitative estimate of drug-likeness (QED) is 0.714. The summed E-state index contributed by atoms with van der Waals surface area (Å²) in [5, 5.41) is 0.692. The summed E-state index contributed by atoms with van der Waals surface area (Å²) in [7, 11) is -3.18. The van der Waals surface area contributed by atoms with Crippen molar-refractivity contribution in [1.29, 1.82) is 0 Å². The maximum absolute atomic E-state index is 12.3. The predicted molar refractivity (Wildman–Crippen MR) is 90.5 cm³/mol. The molecule has 2 aromatic rings. The molecule has 0 aliphatic carbocycles. The molecule has 0 spiro atoms. The van der Waals surface area contributed by atoms with Crippen molar-refractivity contribution in [3.63, 3.8) is 0 Å². The Kier molecular flexibility index (Phi) is 4.74. The summed E-state index contributed by atoms with van der Waals surface area (Å²) in [6, 6.07) is 16.1. The minimum atomic E-state index is -3.18. The molecule has 0 radical (unpaired) electrons. The van der Waals surface area contributed by atoms with Gasteiger partial charge >= 0.3 is 0 Å². The molecule has 0 saturated carbocycles. The average Bonchev–Trinajstić information content (AvgIpc) is 3.33. The predicted octanol–water partition coefficient (Wildman–Crippen LogP) is 4.15. The molecule has 2 aromatic carbocycles. The van der Waals surface area contributed by atoms with Gasteiger partial charge in [0.05, 0.1) is 10.6 Å². The number of thioether (sulfide) groups is 1. The van der Waals surface area contributed by atoms with E-state index < -0.39 is 9.84 Å². The summed E-state index contributed by atoms with van der Waals surface area (Å²) in [6.45, 7) is 0. The third-order valence-corrected chi connectivity index (χ3v) is 6.36. The topological polar surface area (TPSA) is 43.4 Å². The number of para-hydroxylation sites is 1. The number of sulfone groups is 1. The smallest absolute Gasteiger partial charge is 0.178 e. The highest BCUT2D eigenvalue weighted by Crippen LogP contribution is 2.34. The lowest BCUT2D eigenvalue weighted by Gasteiger charge is -2.07. The number of ether oxygens (including phenoxy) is 1. The lowest BCUT2D eigenvalue weighted by Crippen LogP contribution is -2.07. The molecule has 1 atom stereocenters. The van der Waals surface area contributed by atoms with E-state index in [4.69, 9.17) is 4.74 Å². The number of hydrogen-bond donors (Lipinski definition) is 0. The minimum Gasteiger partial charge on any atom is -0.457 e. The van der Waals surface area contributed by atoms with Crippen molar-refractivity contribution in [2.45, 2.75) is 23.0 Å². The molecule has 0 bridgehead atoms. The van der Waals surface area contributed by atoms with Crippen molar-refractivity contribution < 1.29 is 13.2 Å². The Morgan fingerprint density at radius 2 is 1.64 bits per heavy atom. The Labute approximate surface area is 135 Å². The van der Waals surface area contributed by atoms with Crippen LogP contribution in [-0.4, -0.2) is 25.2 Å². The number of benzene rings is 2. The van der Waals surface area contributed by atoms with Gasteiger partial charge in [0.1, 0.15) is 11.5 Å². The zero-order valence-electron chi connectivity index (χ0n) is 12.1. The second-order valence-electron chi connectivity index (χ2n) is 5.30. The van der Waals surface area contributed by atoms with Gasteiger partial charge in [0.15, 0.2) is 9.84 Å². The molecular weight excluding hydrogens is 316 g/mol. The Balaban J connectivity index is 1.62. The van der Waals surface area contributed by atoms with Crippen LogP contribution in [0, 0.1) is 0 Å². The highest BCUT2D eigenvalue weighted by atomic mass is 32.2. The fourth-order valence-electron chi connectivity index (χ4n) is 2.19. The normalized spacial score (nSPS) is 17.2. The van der Waals surface area contributed by atoms with Crippen molar-refractivity contribution in [1.82, 2.24) is 0 Å². The minimum absolute atomic E-state index is 0.225. The maximum atomic E-state index is 12.3.